The van der Waals surface area contributed by atoms with Crippen LogP contribution in [0.2, 0.25) is 0 Å². The Morgan fingerprint density at radius 2 is 1.90 bits per heavy atom. The minimum atomic E-state index is -0.0492. The molecule has 0 aromatic heterocycles. The van der Waals surface area contributed by atoms with Crippen molar-refractivity contribution in [2.24, 2.45) is 5.73 Å². The second kappa shape index (κ2) is 6.28. The van der Waals surface area contributed by atoms with Crippen LogP contribution in [0.1, 0.15) is 62.0 Å². The van der Waals surface area contributed by atoms with Crippen LogP contribution in [0.5, 0.6) is 0 Å². The van der Waals surface area contributed by atoms with Crippen molar-refractivity contribution in [2.45, 2.75) is 62.8 Å². The van der Waals surface area contributed by atoms with Gasteiger partial charge in [-0.25, -0.2) is 0 Å². The van der Waals surface area contributed by atoms with Crippen LogP contribution in [0.4, 0.5) is 0 Å². The number of hydrogen-bond acceptors (Lipinski definition) is 2. The lowest BCUT2D eigenvalue weighted by molar-refractivity contribution is 0.0567. The van der Waals surface area contributed by atoms with E-state index in [9.17, 15) is 0 Å². The van der Waals surface area contributed by atoms with E-state index < -0.39 is 0 Å². The first-order chi connectivity index (χ1) is 9.77. The lowest BCUT2D eigenvalue weighted by Crippen LogP contribution is -2.46. The fourth-order valence-electron chi connectivity index (χ4n) is 3.83. The van der Waals surface area contributed by atoms with Crippen molar-refractivity contribution in [3.63, 3.8) is 0 Å². The summed E-state index contributed by atoms with van der Waals surface area (Å²) in [6.07, 6.45) is 9.93. The molecular formula is C18H27NO. The second-order valence-corrected chi connectivity index (χ2v) is 6.73. The van der Waals surface area contributed by atoms with Crippen LogP contribution in [0.3, 0.4) is 0 Å². The summed E-state index contributed by atoms with van der Waals surface area (Å²) >= 11 is 0. The smallest absolute Gasteiger partial charge is 0.0646 e. The summed E-state index contributed by atoms with van der Waals surface area (Å²) in [4.78, 5) is 0. The molecule has 0 radical (unpaired) electrons. The molecule has 2 heteroatoms. The fraction of sp³-hybridized carbons (Fsp3) is 0.667. The van der Waals surface area contributed by atoms with E-state index in [0.717, 1.165) is 26.1 Å². The highest BCUT2D eigenvalue weighted by Gasteiger charge is 2.28. The van der Waals surface area contributed by atoms with E-state index in [1.54, 1.807) is 0 Å². The highest BCUT2D eigenvalue weighted by atomic mass is 16.5. The molecule has 2 aliphatic carbocycles. The molecule has 0 spiro atoms. The van der Waals surface area contributed by atoms with E-state index in [1.165, 1.54) is 49.7 Å². The van der Waals surface area contributed by atoms with Gasteiger partial charge in [0.25, 0.3) is 0 Å². The average Bonchev–Trinajstić information content (AvgIpc) is 2.48. The SMILES string of the molecule is NC1(COCC2CCCc3ccccc32)CCCCC1. The Morgan fingerprint density at radius 3 is 2.75 bits per heavy atom. The molecule has 0 amide bonds. The zero-order valence-electron chi connectivity index (χ0n) is 12.4. The Bertz CT molecular complexity index is 437. The van der Waals surface area contributed by atoms with Gasteiger partial charge in [0.05, 0.1) is 13.2 Å². The highest BCUT2D eigenvalue weighted by Crippen LogP contribution is 2.32. The Balaban J connectivity index is 1.54. The van der Waals surface area contributed by atoms with E-state index >= 15 is 0 Å². The summed E-state index contributed by atoms with van der Waals surface area (Å²) in [5.74, 6) is 0.576. The first-order valence-electron chi connectivity index (χ1n) is 8.21. The third-order valence-corrected chi connectivity index (χ3v) is 5.05. The van der Waals surface area contributed by atoms with Crippen molar-refractivity contribution in [3.8, 4) is 0 Å². The van der Waals surface area contributed by atoms with Crippen LogP contribution in [0.25, 0.3) is 0 Å². The van der Waals surface area contributed by atoms with Crippen molar-refractivity contribution in [1.29, 1.82) is 0 Å². The number of rotatable bonds is 4. The van der Waals surface area contributed by atoms with Gasteiger partial charge in [0.1, 0.15) is 0 Å². The Kier molecular flexibility index (Phi) is 4.42. The van der Waals surface area contributed by atoms with Gasteiger partial charge in [-0.15, -0.1) is 0 Å². The maximum absolute atomic E-state index is 6.44. The van der Waals surface area contributed by atoms with Crippen molar-refractivity contribution in [3.05, 3.63) is 35.4 Å². The summed E-state index contributed by atoms with van der Waals surface area (Å²) in [5, 5.41) is 0. The molecule has 0 saturated heterocycles. The van der Waals surface area contributed by atoms with Gasteiger partial charge in [-0.3, -0.25) is 0 Å². The van der Waals surface area contributed by atoms with Crippen LogP contribution >= 0.6 is 0 Å². The van der Waals surface area contributed by atoms with Crippen LogP contribution in [0, 0.1) is 0 Å². The van der Waals surface area contributed by atoms with Gasteiger partial charge in [-0.05, 0) is 43.2 Å². The first kappa shape index (κ1) is 14.1. The second-order valence-electron chi connectivity index (χ2n) is 6.73. The van der Waals surface area contributed by atoms with Gasteiger partial charge in [0.15, 0.2) is 0 Å². The van der Waals surface area contributed by atoms with Crippen molar-refractivity contribution >= 4 is 0 Å². The molecule has 20 heavy (non-hydrogen) atoms. The Morgan fingerprint density at radius 1 is 1.10 bits per heavy atom. The summed E-state index contributed by atoms with van der Waals surface area (Å²) in [6.45, 7) is 1.58. The molecule has 1 unspecified atom stereocenters. The largest absolute Gasteiger partial charge is 0.379 e. The molecule has 0 heterocycles. The van der Waals surface area contributed by atoms with Gasteiger partial charge < -0.3 is 10.5 Å². The van der Waals surface area contributed by atoms with Gasteiger partial charge in [0, 0.05) is 11.5 Å². The zero-order valence-corrected chi connectivity index (χ0v) is 12.4. The maximum atomic E-state index is 6.44. The molecular weight excluding hydrogens is 246 g/mol. The van der Waals surface area contributed by atoms with Crippen molar-refractivity contribution in [2.75, 3.05) is 13.2 Å². The van der Waals surface area contributed by atoms with Crippen LogP contribution < -0.4 is 5.73 Å². The lowest BCUT2D eigenvalue weighted by Gasteiger charge is -2.34. The summed E-state index contributed by atoms with van der Waals surface area (Å²) < 4.78 is 6.05. The van der Waals surface area contributed by atoms with Gasteiger partial charge in [0.2, 0.25) is 0 Å². The first-order valence-corrected chi connectivity index (χ1v) is 8.21. The standard InChI is InChI=1S/C18H27NO/c19-18(11-4-1-5-12-18)14-20-13-16-9-6-8-15-7-2-3-10-17(15)16/h2-3,7,10,16H,1,4-6,8-9,11-14,19H2. The lowest BCUT2D eigenvalue weighted by atomic mass is 9.82. The molecule has 1 aromatic carbocycles. The number of benzene rings is 1. The van der Waals surface area contributed by atoms with Crippen LogP contribution in [-0.2, 0) is 11.2 Å². The van der Waals surface area contributed by atoms with E-state index in [0.29, 0.717) is 5.92 Å². The normalized spacial score (nSPS) is 25.1. The topological polar surface area (TPSA) is 35.2 Å². The quantitative estimate of drug-likeness (QED) is 0.906. The van der Waals surface area contributed by atoms with E-state index in [4.69, 9.17) is 10.5 Å². The third kappa shape index (κ3) is 3.24. The summed E-state index contributed by atoms with van der Waals surface area (Å²) in [6, 6.07) is 8.86. The molecule has 1 saturated carbocycles. The maximum Gasteiger partial charge on any atom is 0.0646 e. The van der Waals surface area contributed by atoms with Gasteiger partial charge in [-0.2, -0.15) is 0 Å². The monoisotopic (exact) mass is 273 g/mol. The van der Waals surface area contributed by atoms with Crippen molar-refractivity contribution < 1.29 is 4.74 Å². The number of aryl methyl sites for hydroxylation is 1. The van der Waals surface area contributed by atoms with Crippen LogP contribution in [0.15, 0.2) is 24.3 Å². The molecule has 3 rings (SSSR count). The molecule has 2 aliphatic rings. The van der Waals surface area contributed by atoms with Gasteiger partial charge in [-0.1, -0.05) is 43.5 Å². The predicted molar refractivity (Wildman–Crippen MR) is 82.9 cm³/mol. The molecule has 0 aliphatic heterocycles. The minimum Gasteiger partial charge on any atom is -0.379 e. The van der Waals surface area contributed by atoms with E-state index in [1.807, 2.05) is 0 Å². The Hall–Kier alpha value is -0.860. The third-order valence-electron chi connectivity index (χ3n) is 5.05. The zero-order chi connectivity index (χ0) is 13.8. The molecule has 2 nitrogen and oxygen atoms in total. The average molecular weight is 273 g/mol. The highest BCUT2D eigenvalue weighted by molar-refractivity contribution is 5.32. The predicted octanol–water partition coefficient (Wildman–Crippen LogP) is 3.78. The molecule has 110 valence electrons. The van der Waals surface area contributed by atoms with Crippen molar-refractivity contribution in [1.82, 2.24) is 0 Å². The molecule has 1 atom stereocenters. The minimum absolute atomic E-state index is 0.0492. The number of ether oxygens (including phenoxy) is 1. The van der Waals surface area contributed by atoms with Crippen LogP contribution in [-0.4, -0.2) is 18.8 Å². The van der Waals surface area contributed by atoms with E-state index in [2.05, 4.69) is 24.3 Å². The summed E-state index contributed by atoms with van der Waals surface area (Å²) in [7, 11) is 0. The Labute approximate surface area is 122 Å². The molecule has 0 bridgehead atoms. The molecule has 1 fully saturated rings. The van der Waals surface area contributed by atoms with E-state index in [-0.39, 0.29) is 5.54 Å². The number of nitrogens with two attached hydrogens (primary N) is 1. The molecule has 2 N–H and O–H groups in total. The number of fused-ring (bicyclic) bond motifs is 1. The number of hydrogen-bond donors (Lipinski definition) is 1. The summed E-state index contributed by atoms with van der Waals surface area (Å²) in [5.41, 5.74) is 9.42. The fourth-order valence-corrected chi connectivity index (χ4v) is 3.83. The molecule has 1 aromatic rings. The van der Waals surface area contributed by atoms with Gasteiger partial charge >= 0.3 is 0 Å².